The summed E-state index contributed by atoms with van der Waals surface area (Å²) in [6.45, 7) is 0.757. The van der Waals surface area contributed by atoms with Crippen LogP contribution in [0.5, 0.6) is 0 Å². The SMILES string of the molecule is CS(=O)(=O)Nc1ccc(C(F)(F)F)cc1NC(=O)CC1CSCCN1. The first kappa shape index (κ1) is 19.9. The Kier molecular flexibility index (Phi) is 6.22. The van der Waals surface area contributed by atoms with E-state index in [1.807, 2.05) is 0 Å². The van der Waals surface area contributed by atoms with Crippen LogP contribution >= 0.6 is 11.8 Å². The number of carbonyl (C=O) groups excluding carboxylic acids is 1. The molecule has 0 saturated carbocycles. The van der Waals surface area contributed by atoms with E-state index in [2.05, 4.69) is 15.4 Å². The molecule has 1 aromatic rings. The molecule has 0 aromatic heterocycles. The van der Waals surface area contributed by atoms with E-state index in [0.717, 1.165) is 36.4 Å². The van der Waals surface area contributed by atoms with Crippen molar-refractivity contribution in [1.29, 1.82) is 0 Å². The first-order valence-electron chi connectivity index (χ1n) is 7.34. The van der Waals surface area contributed by atoms with Crippen LogP contribution in [0.3, 0.4) is 0 Å². The van der Waals surface area contributed by atoms with Crippen molar-refractivity contribution >= 4 is 39.1 Å². The van der Waals surface area contributed by atoms with Crippen molar-refractivity contribution in [2.24, 2.45) is 0 Å². The highest BCUT2D eigenvalue weighted by atomic mass is 32.2. The van der Waals surface area contributed by atoms with Gasteiger partial charge >= 0.3 is 6.18 Å². The summed E-state index contributed by atoms with van der Waals surface area (Å²) in [4.78, 5) is 12.1. The number of thioether (sulfide) groups is 1. The van der Waals surface area contributed by atoms with E-state index in [0.29, 0.717) is 6.07 Å². The molecule has 1 unspecified atom stereocenters. The van der Waals surface area contributed by atoms with Gasteiger partial charge in [0.2, 0.25) is 15.9 Å². The van der Waals surface area contributed by atoms with Crippen molar-refractivity contribution < 1.29 is 26.4 Å². The molecule has 0 radical (unpaired) electrons. The molecule has 1 fully saturated rings. The van der Waals surface area contributed by atoms with Gasteiger partial charge in [0, 0.05) is 30.5 Å². The normalized spacial score (nSPS) is 18.6. The fourth-order valence-corrected chi connectivity index (χ4v) is 3.82. The number of halogens is 3. The Morgan fingerprint density at radius 3 is 2.64 bits per heavy atom. The number of amides is 1. The van der Waals surface area contributed by atoms with Crippen LogP contribution in [-0.2, 0) is 21.0 Å². The molecule has 1 amide bonds. The van der Waals surface area contributed by atoms with Crippen LogP contribution in [0.25, 0.3) is 0 Å². The van der Waals surface area contributed by atoms with Crippen LogP contribution in [0, 0.1) is 0 Å². The molecule has 1 atom stereocenters. The number of hydrogen-bond acceptors (Lipinski definition) is 5. The Morgan fingerprint density at radius 2 is 2.08 bits per heavy atom. The third-order valence-electron chi connectivity index (χ3n) is 3.35. The Hall–Kier alpha value is -1.46. The molecule has 3 N–H and O–H groups in total. The van der Waals surface area contributed by atoms with Crippen LogP contribution < -0.4 is 15.4 Å². The quantitative estimate of drug-likeness (QED) is 0.708. The first-order chi connectivity index (χ1) is 11.5. The molecular weight excluding hydrogens is 379 g/mol. The Morgan fingerprint density at radius 1 is 1.36 bits per heavy atom. The molecule has 1 heterocycles. The van der Waals surface area contributed by atoms with Crippen molar-refractivity contribution in [2.45, 2.75) is 18.6 Å². The number of rotatable bonds is 5. The minimum Gasteiger partial charge on any atom is -0.324 e. The first-order valence-corrected chi connectivity index (χ1v) is 10.4. The van der Waals surface area contributed by atoms with Crippen LogP contribution in [0.15, 0.2) is 18.2 Å². The summed E-state index contributed by atoms with van der Waals surface area (Å²) in [5.74, 6) is 1.18. The fraction of sp³-hybridized carbons (Fsp3) is 0.500. The minimum atomic E-state index is -4.61. The average Bonchev–Trinajstić information content (AvgIpc) is 2.47. The Bertz CT molecular complexity index is 733. The predicted octanol–water partition coefficient (Wildman–Crippen LogP) is 2.11. The van der Waals surface area contributed by atoms with E-state index < -0.39 is 27.7 Å². The molecule has 140 valence electrons. The lowest BCUT2D eigenvalue weighted by Gasteiger charge is -2.23. The van der Waals surface area contributed by atoms with Crippen molar-refractivity contribution in [1.82, 2.24) is 5.32 Å². The highest BCUT2D eigenvalue weighted by Crippen LogP contribution is 2.34. The molecule has 2 rings (SSSR count). The Labute approximate surface area is 148 Å². The number of carbonyl (C=O) groups is 1. The van der Waals surface area contributed by atoms with Crippen LogP contribution in [0.4, 0.5) is 24.5 Å². The lowest BCUT2D eigenvalue weighted by Crippen LogP contribution is -2.40. The highest BCUT2D eigenvalue weighted by Gasteiger charge is 2.31. The van der Waals surface area contributed by atoms with Gasteiger partial charge in [-0.2, -0.15) is 24.9 Å². The second-order valence-electron chi connectivity index (χ2n) is 5.61. The van der Waals surface area contributed by atoms with E-state index in [-0.39, 0.29) is 23.8 Å². The number of nitrogens with one attached hydrogen (secondary N) is 3. The smallest absolute Gasteiger partial charge is 0.324 e. The molecular formula is C14H18F3N3O3S2. The molecule has 6 nitrogen and oxygen atoms in total. The third-order valence-corrected chi connectivity index (χ3v) is 5.07. The zero-order chi connectivity index (χ0) is 18.7. The van der Waals surface area contributed by atoms with E-state index >= 15 is 0 Å². The molecule has 25 heavy (non-hydrogen) atoms. The molecule has 0 bridgehead atoms. The third kappa shape index (κ3) is 6.40. The van der Waals surface area contributed by atoms with E-state index in [1.54, 1.807) is 11.8 Å². The van der Waals surface area contributed by atoms with Gasteiger partial charge in [-0.25, -0.2) is 8.42 Å². The maximum Gasteiger partial charge on any atom is 0.416 e. The topological polar surface area (TPSA) is 87.3 Å². The summed E-state index contributed by atoms with van der Waals surface area (Å²) < 4.78 is 63.5. The second-order valence-corrected chi connectivity index (χ2v) is 8.51. The zero-order valence-corrected chi connectivity index (χ0v) is 14.9. The number of sulfonamides is 1. The summed E-state index contributed by atoms with van der Waals surface area (Å²) in [5.41, 5.74) is -1.32. The number of hydrogen-bond donors (Lipinski definition) is 3. The number of benzene rings is 1. The largest absolute Gasteiger partial charge is 0.416 e. The Balaban J connectivity index is 2.20. The van der Waals surface area contributed by atoms with Gasteiger partial charge in [-0.05, 0) is 18.2 Å². The standard InChI is InChI=1S/C14H18F3N3O3S2/c1-25(22,23)20-11-3-2-9(14(15,16)17)6-12(11)19-13(21)7-10-8-24-5-4-18-10/h2-3,6,10,18,20H,4-5,7-8H2,1H3,(H,19,21). The van der Waals surface area contributed by atoms with E-state index in [9.17, 15) is 26.4 Å². The average molecular weight is 397 g/mol. The molecule has 1 saturated heterocycles. The summed E-state index contributed by atoms with van der Waals surface area (Å²) >= 11 is 1.69. The predicted molar refractivity (Wildman–Crippen MR) is 92.3 cm³/mol. The van der Waals surface area contributed by atoms with E-state index in [1.165, 1.54) is 0 Å². The van der Waals surface area contributed by atoms with E-state index in [4.69, 9.17) is 0 Å². The zero-order valence-electron chi connectivity index (χ0n) is 13.3. The monoisotopic (exact) mass is 397 g/mol. The summed E-state index contributed by atoms with van der Waals surface area (Å²) in [5, 5.41) is 5.53. The van der Waals surface area contributed by atoms with Crippen LogP contribution in [0.2, 0.25) is 0 Å². The molecule has 0 aliphatic carbocycles. The maximum atomic E-state index is 12.9. The van der Waals surface area contributed by atoms with Crippen molar-refractivity contribution in [2.75, 3.05) is 34.3 Å². The van der Waals surface area contributed by atoms with Crippen LogP contribution in [-0.4, -0.2) is 44.7 Å². The van der Waals surface area contributed by atoms with Gasteiger partial charge in [0.25, 0.3) is 0 Å². The lowest BCUT2D eigenvalue weighted by atomic mass is 10.1. The van der Waals surface area contributed by atoms with Crippen molar-refractivity contribution in [3.63, 3.8) is 0 Å². The van der Waals surface area contributed by atoms with Gasteiger partial charge in [0.05, 0.1) is 23.2 Å². The summed E-state index contributed by atoms with van der Waals surface area (Å²) in [6.07, 6.45) is -3.65. The maximum absolute atomic E-state index is 12.9. The van der Waals surface area contributed by atoms with Crippen LogP contribution in [0.1, 0.15) is 12.0 Å². The minimum absolute atomic E-state index is 0.0733. The molecule has 1 aromatic carbocycles. The van der Waals surface area contributed by atoms with Gasteiger partial charge in [-0.1, -0.05) is 0 Å². The van der Waals surface area contributed by atoms with Gasteiger partial charge in [0.1, 0.15) is 0 Å². The van der Waals surface area contributed by atoms with Gasteiger partial charge in [0.15, 0.2) is 0 Å². The molecule has 1 aliphatic heterocycles. The van der Waals surface area contributed by atoms with Crippen molar-refractivity contribution in [3.8, 4) is 0 Å². The highest BCUT2D eigenvalue weighted by molar-refractivity contribution is 7.99. The van der Waals surface area contributed by atoms with Gasteiger partial charge in [-0.15, -0.1) is 0 Å². The molecule has 11 heteroatoms. The van der Waals surface area contributed by atoms with Gasteiger partial charge < -0.3 is 10.6 Å². The lowest BCUT2D eigenvalue weighted by molar-refractivity contribution is -0.137. The number of alkyl halides is 3. The number of anilines is 2. The fourth-order valence-electron chi connectivity index (χ4n) is 2.29. The van der Waals surface area contributed by atoms with Crippen molar-refractivity contribution in [3.05, 3.63) is 23.8 Å². The summed E-state index contributed by atoms with van der Waals surface area (Å²) in [6, 6.07) is 2.38. The van der Waals surface area contributed by atoms with Gasteiger partial charge in [-0.3, -0.25) is 9.52 Å². The molecule has 1 aliphatic rings. The molecule has 0 spiro atoms. The summed E-state index contributed by atoms with van der Waals surface area (Å²) in [7, 11) is -3.71. The second kappa shape index (κ2) is 7.83.